The fraction of sp³-hybridized carbons (Fsp3) is 0.267. The van der Waals surface area contributed by atoms with Crippen molar-refractivity contribution in [2.45, 2.75) is 20.0 Å². The molecule has 0 saturated carbocycles. The Kier molecular flexibility index (Phi) is 6.95. The number of aryl methyl sites for hydroxylation is 1. The maximum atomic E-state index is 12.3. The van der Waals surface area contributed by atoms with Crippen LogP contribution in [-0.2, 0) is 13.1 Å². The second-order valence-electron chi connectivity index (χ2n) is 4.51. The SMILES string of the molecule is CCn1cc(Br)cc1C(=O)Nc1cccc(CNC)c1.Cl. The molecular weight excluding hydrogens is 354 g/mol. The van der Waals surface area contributed by atoms with E-state index in [1.54, 1.807) is 0 Å². The van der Waals surface area contributed by atoms with Crippen LogP contribution in [0.5, 0.6) is 0 Å². The number of carbonyl (C=O) groups excluding carboxylic acids is 1. The average Bonchev–Trinajstić information content (AvgIpc) is 2.81. The number of hydrogen-bond acceptors (Lipinski definition) is 2. The predicted molar refractivity (Wildman–Crippen MR) is 92.2 cm³/mol. The minimum absolute atomic E-state index is 0. The van der Waals surface area contributed by atoms with E-state index in [0.717, 1.165) is 28.8 Å². The number of amides is 1. The highest BCUT2D eigenvalue weighted by Crippen LogP contribution is 2.17. The number of hydrogen-bond donors (Lipinski definition) is 2. The predicted octanol–water partition coefficient (Wildman–Crippen LogP) is 3.66. The second-order valence-corrected chi connectivity index (χ2v) is 5.43. The number of rotatable bonds is 5. The number of nitrogens with zero attached hydrogens (tertiary/aromatic N) is 1. The van der Waals surface area contributed by atoms with Gasteiger partial charge in [0.05, 0.1) is 0 Å². The molecule has 6 heteroatoms. The van der Waals surface area contributed by atoms with E-state index in [0.29, 0.717) is 5.69 Å². The van der Waals surface area contributed by atoms with Crippen LogP contribution in [-0.4, -0.2) is 17.5 Å². The van der Waals surface area contributed by atoms with Gasteiger partial charge in [-0.2, -0.15) is 0 Å². The Labute approximate surface area is 139 Å². The summed E-state index contributed by atoms with van der Waals surface area (Å²) in [6, 6.07) is 9.67. The summed E-state index contributed by atoms with van der Waals surface area (Å²) in [6.07, 6.45) is 1.91. The van der Waals surface area contributed by atoms with Crippen LogP contribution in [0.2, 0.25) is 0 Å². The lowest BCUT2D eigenvalue weighted by molar-refractivity contribution is 0.101. The van der Waals surface area contributed by atoms with Crippen molar-refractivity contribution in [3.8, 4) is 0 Å². The third-order valence-electron chi connectivity index (χ3n) is 3.00. The van der Waals surface area contributed by atoms with E-state index < -0.39 is 0 Å². The van der Waals surface area contributed by atoms with Crippen LogP contribution in [0.3, 0.4) is 0 Å². The molecule has 1 amide bonds. The number of benzene rings is 1. The van der Waals surface area contributed by atoms with Gasteiger partial charge in [0.15, 0.2) is 0 Å². The van der Waals surface area contributed by atoms with Gasteiger partial charge in [0.2, 0.25) is 0 Å². The van der Waals surface area contributed by atoms with E-state index in [2.05, 4.69) is 26.6 Å². The zero-order chi connectivity index (χ0) is 14.5. The van der Waals surface area contributed by atoms with Crippen LogP contribution in [0.4, 0.5) is 5.69 Å². The first-order valence-corrected chi connectivity index (χ1v) is 7.34. The molecule has 0 radical (unpaired) electrons. The molecule has 0 aliphatic rings. The van der Waals surface area contributed by atoms with Crippen LogP contribution in [0, 0.1) is 0 Å². The number of carbonyl (C=O) groups is 1. The van der Waals surface area contributed by atoms with Gasteiger partial charge >= 0.3 is 0 Å². The first kappa shape index (κ1) is 17.8. The van der Waals surface area contributed by atoms with Gasteiger partial charge in [-0.3, -0.25) is 4.79 Å². The fourth-order valence-corrected chi connectivity index (χ4v) is 2.55. The quantitative estimate of drug-likeness (QED) is 0.841. The number of anilines is 1. The van der Waals surface area contributed by atoms with Crippen molar-refractivity contribution in [1.82, 2.24) is 9.88 Å². The van der Waals surface area contributed by atoms with Gasteiger partial charge in [-0.05, 0) is 53.7 Å². The van der Waals surface area contributed by atoms with Crippen LogP contribution >= 0.6 is 28.3 Å². The third-order valence-corrected chi connectivity index (χ3v) is 3.44. The standard InChI is InChI=1S/C15H18BrN3O.ClH/c1-3-19-10-12(16)8-14(19)15(20)18-13-6-4-5-11(7-13)9-17-2;/h4-8,10,17H,3,9H2,1-2H3,(H,18,20);1H. The molecule has 0 spiro atoms. The average molecular weight is 373 g/mol. The molecule has 0 saturated heterocycles. The van der Waals surface area contributed by atoms with Gasteiger partial charge in [-0.15, -0.1) is 12.4 Å². The highest BCUT2D eigenvalue weighted by atomic mass is 79.9. The van der Waals surface area contributed by atoms with Crippen molar-refractivity contribution in [3.05, 3.63) is 52.3 Å². The Hall–Kier alpha value is -1.30. The van der Waals surface area contributed by atoms with Crippen molar-refractivity contribution in [2.24, 2.45) is 0 Å². The highest BCUT2D eigenvalue weighted by Gasteiger charge is 2.12. The van der Waals surface area contributed by atoms with Crippen molar-refractivity contribution in [3.63, 3.8) is 0 Å². The van der Waals surface area contributed by atoms with Gasteiger partial charge in [0, 0.05) is 29.4 Å². The largest absolute Gasteiger partial charge is 0.343 e. The van der Waals surface area contributed by atoms with Crippen molar-refractivity contribution in [1.29, 1.82) is 0 Å². The number of aromatic nitrogens is 1. The molecule has 1 aromatic carbocycles. The molecule has 1 heterocycles. The Morgan fingerprint density at radius 2 is 2.10 bits per heavy atom. The topological polar surface area (TPSA) is 46.1 Å². The van der Waals surface area contributed by atoms with Crippen molar-refractivity contribution < 1.29 is 4.79 Å². The number of halogens is 2. The molecule has 4 nitrogen and oxygen atoms in total. The molecule has 0 unspecified atom stereocenters. The van der Waals surface area contributed by atoms with E-state index in [1.165, 1.54) is 0 Å². The molecular formula is C15H19BrClN3O. The summed E-state index contributed by atoms with van der Waals surface area (Å²) in [6.45, 7) is 3.55. The molecule has 0 fully saturated rings. The molecule has 2 rings (SSSR count). The lowest BCUT2D eigenvalue weighted by Crippen LogP contribution is -2.16. The third kappa shape index (κ3) is 4.59. The normalized spacial score (nSPS) is 10.0. The highest BCUT2D eigenvalue weighted by molar-refractivity contribution is 9.10. The monoisotopic (exact) mass is 371 g/mol. The molecule has 0 bridgehead atoms. The molecule has 114 valence electrons. The zero-order valence-electron chi connectivity index (χ0n) is 12.0. The van der Waals surface area contributed by atoms with Gasteiger partial charge < -0.3 is 15.2 Å². The maximum Gasteiger partial charge on any atom is 0.272 e. The molecule has 0 atom stereocenters. The van der Waals surface area contributed by atoms with Crippen molar-refractivity contribution >= 4 is 39.9 Å². The molecule has 1 aromatic heterocycles. The van der Waals surface area contributed by atoms with E-state index in [1.807, 2.05) is 55.1 Å². The van der Waals surface area contributed by atoms with E-state index in [-0.39, 0.29) is 18.3 Å². The molecule has 21 heavy (non-hydrogen) atoms. The molecule has 2 N–H and O–H groups in total. The summed E-state index contributed by atoms with van der Waals surface area (Å²) in [4.78, 5) is 12.3. The van der Waals surface area contributed by atoms with Crippen LogP contribution in [0.25, 0.3) is 0 Å². The molecule has 0 aliphatic carbocycles. The van der Waals surface area contributed by atoms with Crippen LogP contribution in [0.15, 0.2) is 41.0 Å². The Morgan fingerprint density at radius 3 is 2.76 bits per heavy atom. The summed E-state index contributed by atoms with van der Waals surface area (Å²) in [5.41, 5.74) is 2.60. The summed E-state index contributed by atoms with van der Waals surface area (Å²) >= 11 is 3.40. The Morgan fingerprint density at radius 1 is 1.33 bits per heavy atom. The van der Waals surface area contributed by atoms with Gasteiger partial charge in [-0.1, -0.05) is 12.1 Å². The smallest absolute Gasteiger partial charge is 0.272 e. The van der Waals surface area contributed by atoms with Crippen LogP contribution < -0.4 is 10.6 Å². The lowest BCUT2D eigenvalue weighted by Gasteiger charge is -2.09. The van der Waals surface area contributed by atoms with Gasteiger partial charge in [0.1, 0.15) is 5.69 Å². The van der Waals surface area contributed by atoms with E-state index >= 15 is 0 Å². The second kappa shape index (κ2) is 8.22. The summed E-state index contributed by atoms with van der Waals surface area (Å²) in [7, 11) is 1.90. The van der Waals surface area contributed by atoms with Gasteiger partial charge in [-0.25, -0.2) is 0 Å². The van der Waals surface area contributed by atoms with E-state index in [9.17, 15) is 4.79 Å². The minimum atomic E-state index is -0.0980. The number of nitrogens with one attached hydrogen (secondary N) is 2. The minimum Gasteiger partial charge on any atom is -0.343 e. The Bertz CT molecular complexity index is 613. The summed E-state index contributed by atoms with van der Waals surface area (Å²) < 4.78 is 2.82. The van der Waals surface area contributed by atoms with Crippen LogP contribution in [0.1, 0.15) is 23.0 Å². The zero-order valence-corrected chi connectivity index (χ0v) is 14.4. The van der Waals surface area contributed by atoms with E-state index in [4.69, 9.17) is 0 Å². The fourth-order valence-electron chi connectivity index (χ4n) is 2.09. The summed E-state index contributed by atoms with van der Waals surface area (Å²) in [5.74, 6) is -0.0980. The molecule has 2 aromatic rings. The van der Waals surface area contributed by atoms with Gasteiger partial charge in [0.25, 0.3) is 5.91 Å². The summed E-state index contributed by atoms with van der Waals surface area (Å²) in [5, 5.41) is 6.03. The first-order valence-electron chi connectivity index (χ1n) is 6.54. The Balaban J connectivity index is 0.00000220. The first-order chi connectivity index (χ1) is 9.63. The molecule has 0 aliphatic heterocycles. The lowest BCUT2D eigenvalue weighted by atomic mass is 10.2. The van der Waals surface area contributed by atoms with Crippen molar-refractivity contribution in [2.75, 3.05) is 12.4 Å². The maximum absolute atomic E-state index is 12.3.